The van der Waals surface area contributed by atoms with Gasteiger partial charge in [0.05, 0.1) is 19.6 Å². The topological polar surface area (TPSA) is 46.5 Å². The Kier molecular flexibility index (Phi) is 4.53. The first-order valence-electron chi connectivity index (χ1n) is 6.53. The molecule has 1 fully saturated rings. The van der Waals surface area contributed by atoms with Crippen molar-refractivity contribution in [3.8, 4) is 0 Å². The molecule has 2 rings (SSSR count). The SMILES string of the molecule is COC(=O)CC1(CSc2ccccc2C(C)O)CC1. The van der Waals surface area contributed by atoms with Crippen molar-refractivity contribution in [2.75, 3.05) is 12.9 Å². The third kappa shape index (κ3) is 3.74. The molecule has 3 nitrogen and oxygen atoms in total. The van der Waals surface area contributed by atoms with Gasteiger partial charge in [-0.15, -0.1) is 11.8 Å². The lowest BCUT2D eigenvalue weighted by molar-refractivity contribution is -0.141. The Morgan fingerprint density at radius 1 is 1.47 bits per heavy atom. The normalized spacial score (nSPS) is 17.8. The second kappa shape index (κ2) is 5.97. The zero-order valence-electron chi connectivity index (χ0n) is 11.4. The summed E-state index contributed by atoms with van der Waals surface area (Å²) in [7, 11) is 1.44. The van der Waals surface area contributed by atoms with E-state index in [1.54, 1.807) is 18.7 Å². The van der Waals surface area contributed by atoms with E-state index in [0.717, 1.165) is 29.1 Å². The fourth-order valence-electron chi connectivity index (χ4n) is 2.12. The molecule has 0 heterocycles. The van der Waals surface area contributed by atoms with E-state index >= 15 is 0 Å². The van der Waals surface area contributed by atoms with Crippen LogP contribution in [0.4, 0.5) is 0 Å². The molecule has 0 spiro atoms. The molecule has 1 aliphatic carbocycles. The number of ether oxygens (including phenoxy) is 1. The van der Waals surface area contributed by atoms with E-state index in [0.29, 0.717) is 6.42 Å². The van der Waals surface area contributed by atoms with Crippen molar-refractivity contribution in [1.29, 1.82) is 0 Å². The summed E-state index contributed by atoms with van der Waals surface area (Å²) in [5.74, 6) is 0.785. The Morgan fingerprint density at radius 2 is 2.16 bits per heavy atom. The van der Waals surface area contributed by atoms with Crippen molar-refractivity contribution in [1.82, 2.24) is 0 Å². The number of rotatable bonds is 6. The van der Waals surface area contributed by atoms with Gasteiger partial charge >= 0.3 is 5.97 Å². The highest BCUT2D eigenvalue weighted by atomic mass is 32.2. The van der Waals surface area contributed by atoms with Gasteiger partial charge in [0, 0.05) is 10.6 Å². The summed E-state index contributed by atoms with van der Waals surface area (Å²) < 4.78 is 4.75. The molecular formula is C15H20O3S. The van der Waals surface area contributed by atoms with Crippen LogP contribution in [0, 0.1) is 5.41 Å². The van der Waals surface area contributed by atoms with Crippen LogP contribution in [-0.2, 0) is 9.53 Å². The average Bonchev–Trinajstić information content (AvgIpc) is 3.16. The van der Waals surface area contributed by atoms with E-state index in [2.05, 4.69) is 0 Å². The number of benzene rings is 1. The molecule has 1 aliphatic rings. The van der Waals surface area contributed by atoms with E-state index in [-0.39, 0.29) is 11.4 Å². The molecule has 4 heteroatoms. The number of thioether (sulfide) groups is 1. The van der Waals surface area contributed by atoms with Gasteiger partial charge in [0.1, 0.15) is 0 Å². The zero-order valence-corrected chi connectivity index (χ0v) is 12.2. The van der Waals surface area contributed by atoms with Crippen LogP contribution in [-0.4, -0.2) is 23.9 Å². The molecule has 0 bridgehead atoms. The van der Waals surface area contributed by atoms with Crippen LogP contribution in [0.15, 0.2) is 29.2 Å². The standard InChI is InChI=1S/C15H20O3S/c1-11(16)12-5-3-4-6-13(12)19-10-15(7-8-15)9-14(17)18-2/h3-6,11,16H,7-10H2,1-2H3. The van der Waals surface area contributed by atoms with Gasteiger partial charge in [-0.2, -0.15) is 0 Å². The second-order valence-electron chi connectivity index (χ2n) is 5.26. The van der Waals surface area contributed by atoms with Gasteiger partial charge in [-0.3, -0.25) is 4.79 Å². The molecule has 19 heavy (non-hydrogen) atoms. The largest absolute Gasteiger partial charge is 0.469 e. The molecule has 104 valence electrons. The number of aliphatic hydroxyl groups excluding tert-OH is 1. The third-order valence-corrected chi connectivity index (χ3v) is 5.05. The molecule has 0 aliphatic heterocycles. The van der Waals surface area contributed by atoms with E-state index in [1.807, 2.05) is 24.3 Å². The molecule has 0 radical (unpaired) electrons. The van der Waals surface area contributed by atoms with Crippen molar-refractivity contribution in [3.63, 3.8) is 0 Å². The molecule has 0 amide bonds. The lowest BCUT2D eigenvalue weighted by atomic mass is 10.1. The van der Waals surface area contributed by atoms with Gasteiger partial charge in [0.25, 0.3) is 0 Å². The molecule has 0 aromatic heterocycles. The summed E-state index contributed by atoms with van der Waals surface area (Å²) in [6.45, 7) is 1.78. The molecule has 1 unspecified atom stereocenters. The second-order valence-corrected chi connectivity index (χ2v) is 6.27. The molecule has 1 saturated carbocycles. The number of carbonyl (C=O) groups is 1. The summed E-state index contributed by atoms with van der Waals surface area (Å²) in [5.41, 5.74) is 1.07. The number of esters is 1. The van der Waals surface area contributed by atoms with Crippen LogP contribution in [0.3, 0.4) is 0 Å². The van der Waals surface area contributed by atoms with Crippen molar-refractivity contribution in [3.05, 3.63) is 29.8 Å². The number of aliphatic hydroxyl groups is 1. The Morgan fingerprint density at radius 3 is 2.74 bits per heavy atom. The van der Waals surface area contributed by atoms with Crippen molar-refractivity contribution < 1.29 is 14.6 Å². The van der Waals surface area contributed by atoms with Crippen LogP contribution < -0.4 is 0 Å². The summed E-state index contributed by atoms with van der Waals surface area (Å²) in [4.78, 5) is 12.5. The molecule has 1 aromatic carbocycles. The smallest absolute Gasteiger partial charge is 0.306 e. The monoisotopic (exact) mass is 280 g/mol. The fraction of sp³-hybridized carbons (Fsp3) is 0.533. The highest BCUT2D eigenvalue weighted by molar-refractivity contribution is 7.99. The first-order chi connectivity index (χ1) is 9.06. The summed E-state index contributed by atoms with van der Waals surface area (Å²) in [6, 6.07) is 7.90. The van der Waals surface area contributed by atoms with Gasteiger partial charge in [0.2, 0.25) is 0 Å². The lowest BCUT2D eigenvalue weighted by Crippen LogP contribution is -2.13. The highest BCUT2D eigenvalue weighted by Crippen LogP contribution is 2.52. The maximum absolute atomic E-state index is 11.4. The van der Waals surface area contributed by atoms with Gasteiger partial charge < -0.3 is 9.84 Å². The third-order valence-electron chi connectivity index (χ3n) is 3.61. The number of carbonyl (C=O) groups excluding carboxylic acids is 1. The first kappa shape index (κ1) is 14.4. The minimum absolute atomic E-state index is 0.115. The predicted molar refractivity (Wildman–Crippen MR) is 76.1 cm³/mol. The summed E-state index contributed by atoms with van der Waals surface area (Å²) in [5, 5.41) is 9.75. The van der Waals surface area contributed by atoms with Gasteiger partial charge in [0.15, 0.2) is 0 Å². The van der Waals surface area contributed by atoms with E-state index in [9.17, 15) is 9.90 Å². The lowest BCUT2D eigenvalue weighted by Gasteiger charge is -2.16. The highest BCUT2D eigenvalue weighted by Gasteiger charge is 2.44. The maximum Gasteiger partial charge on any atom is 0.306 e. The summed E-state index contributed by atoms with van der Waals surface area (Å²) >= 11 is 1.73. The Balaban J connectivity index is 1.98. The number of methoxy groups -OCH3 is 1. The summed E-state index contributed by atoms with van der Waals surface area (Å²) in [6.07, 6.45) is 2.23. The minimum atomic E-state index is -0.459. The van der Waals surface area contributed by atoms with Gasteiger partial charge in [-0.1, -0.05) is 18.2 Å². The van der Waals surface area contributed by atoms with Crippen molar-refractivity contribution in [2.45, 2.75) is 37.2 Å². The molecule has 0 saturated heterocycles. The first-order valence-corrected chi connectivity index (χ1v) is 7.51. The Hall–Kier alpha value is -1.00. The zero-order chi connectivity index (χ0) is 13.9. The van der Waals surface area contributed by atoms with Crippen LogP contribution in [0.1, 0.15) is 37.9 Å². The van der Waals surface area contributed by atoms with Gasteiger partial charge in [-0.25, -0.2) is 0 Å². The van der Waals surface area contributed by atoms with E-state index < -0.39 is 6.10 Å². The molecular weight excluding hydrogens is 260 g/mol. The Labute approximate surface area is 118 Å². The van der Waals surface area contributed by atoms with Crippen molar-refractivity contribution >= 4 is 17.7 Å². The van der Waals surface area contributed by atoms with Crippen LogP contribution >= 0.6 is 11.8 Å². The molecule has 1 atom stereocenters. The Bertz CT molecular complexity index is 452. The quantitative estimate of drug-likeness (QED) is 0.642. The maximum atomic E-state index is 11.4. The number of hydrogen-bond donors (Lipinski definition) is 1. The predicted octanol–water partition coefficient (Wildman–Crippen LogP) is 3.18. The fourth-order valence-corrected chi connectivity index (χ4v) is 3.55. The molecule has 1 aromatic rings. The van der Waals surface area contributed by atoms with E-state index in [1.165, 1.54) is 7.11 Å². The average molecular weight is 280 g/mol. The van der Waals surface area contributed by atoms with Crippen LogP contribution in [0.25, 0.3) is 0 Å². The van der Waals surface area contributed by atoms with Crippen molar-refractivity contribution in [2.24, 2.45) is 5.41 Å². The van der Waals surface area contributed by atoms with Crippen LogP contribution in [0.5, 0.6) is 0 Å². The number of hydrogen-bond acceptors (Lipinski definition) is 4. The minimum Gasteiger partial charge on any atom is -0.469 e. The van der Waals surface area contributed by atoms with Crippen LogP contribution in [0.2, 0.25) is 0 Å². The molecule has 1 N–H and O–H groups in total. The van der Waals surface area contributed by atoms with Gasteiger partial charge in [-0.05, 0) is 36.8 Å². The van der Waals surface area contributed by atoms with E-state index in [4.69, 9.17) is 4.74 Å².